The second-order valence-electron chi connectivity index (χ2n) is 4.85. The lowest BCUT2D eigenvalue weighted by Gasteiger charge is -2.18. The van der Waals surface area contributed by atoms with Gasteiger partial charge in [0.2, 0.25) is 11.8 Å². The standard InChI is InChI=1S/C12H25N3O2/c1-9(2)14-11(16)8-15(4)12(17)6-5-10(3)7-13/h9-10H,5-8,13H2,1-4H3,(H,14,16). The molecule has 5 nitrogen and oxygen atoms in total. The van der Waals surface area contributed by atoms with Crippen molar-refractivity contribution in [2.24, 2.45) is 11.7 Å². The number of hydrogen-bond donors (Lipinski definition) is 2. The molecule has 0 saturated heterocycles. The number of carbonyl (C=O) groups is 2. The molecule has 0 aromatic rings. The van der Waals surface area contributed by atoms with Crippen LogP contribution in [-0.4, -0.2) is 42.9 Å². The van der Waals surface area contributed by atoms with Crippen molar-refractivity contribution in [3.8, 4) is 0 Å². The summed E-state index contributed by atoms with van der Waals surface area (Å²) in [5.74, 6) is 0.212. The molecule has 0 aliphatic rings. The largest absolute Gasteiger partial charge is 0.352 e. The quantitative estimate of drug-likeness (QED) is 0.677. The van der Waals surface area contributed by atoms with Crippen LogP contribution in [0.4, 0.5) is 0 Å². The van der Waals surface area contributed by atoms with Gasteiger partial charge in [0.15, 0.2) is 0 Å². The van der Waals surface area contributed by atoms with E-state index in [1.54, 1.807) is 7.05 Å². The van der Waals surface area contributed by atoms with Gasteiger partial charge in [0.05, 0.1) is 6.54 Å². The third-order valence-electron chi connectivity index (χ3n) is 2.51. The molecule has 0 bridgehead atoms. The Morgan fingerprint density at radius 1 is 1.29 bits per heavy atom. The van der Waals surface area contributed by atoms with Crippen molar-refractivity contribution in [3.05, 3.63) is 0 Å². The minimum atomic E-state index is -0.122. The highest BCUT2D eigenvalue weighted by atomic mass is 16.2. The molecule has 2 amide bonds. The van der Waals surface area contributed by atoms with E-state index in [1.165, 1.54) is 4.90 Å². The summed E-state index contributed by atoms with van der Waals surface area (Å²) in [4.78, 5) is 24.6. The van der Waals surface area contributed by atoms with Crippen LogP contribution in [0.2, 0.25) is 0 Å². The zero-order chi connectivity index (χ0) is 13.4. The van der Waals surface area contributed by atoms with Crippen LogP contribution in [0.1, 0.15) is 33.6 Å². The molecule has 0 aromatic heterocycles. The maximum absolute atomic E-state index is 11.7. The van der Waals surface area contributed by atoms with Crippen LogP contribution in [0.5, 0.6) is 0 Å². The number of amides is 2. The number of nitrogens with zero attached hydrogens (tertiary/aromatic N) is 1. The molecule has 3 N–H and O–H groups in total. The van der Waals surface area contributed by atoms with E-state index < -0.39 is 0 Å². The summed E-state index contributed by atoms with van der Waals surface area (Å²) in [5, 5.41) is 2.75. The van der Waals surface area contributed by atoms with Crippen LogP contribution >= 0.6 is 0 Å². The number of carbonyl (C=O) groups excluding carboxylic acids is 2. The topological polar surface area (TPSA) is 75.4 Å². The number of nitrogens with one attached hydrogen (secondary N) is 1. The van der Waals surface area contributed by atoms with Crippen molar-refractivity contribution in [3.63, 3.8) is 0 Å². The van der Waals surface area contributed by atoms with E-state index >= 15 is 0 Å². The Morgan fingerprint density at radius 3 is 2.35 bits per heavy atom. The van der Waals surface area contributed by atoms with Gasteiger partial charge in [-0.05, 0) is 32.7 Å². The van der Waals surface area contributed by atoms with Gasteiger partial charge in [-0.25, -0.2) is 0 Å². The molecule has 0 aromatic carbocycles. The number of likely N-dealkylation sites (N-methyl/N-ethyl adjacent to an activating group) is 1. The summed E-state index contributed by atoms with van der Waals surface area (Å²) in [6.07, 6.45) is 1.22. The molecule has 0 spiro atoms. The molecule has 0 aliphatic heterocycles. The summed E-state index contributed by atoms with van der Waals surface area (Å²) in [6.45, 7) is 6.50. The van der Waals surface area contributed by atoms with E-state index in [0.29, 0.717) is 18.9 Å². The van der Waals surface area contributed by atoms with Gasteiger partial charge >= 0.3 is 0 Å². The Labute approximate surface area is 104 Å². The fourth-order valence-corrected chi connectivity index (χ4v) is 1.35. The maximum Gasteiger partial charge on any atom is 0.239 e. The highest BCUT2D eigenvalue weighted by Crippen LogP contribution is 2.05. The molecule has 0 rings (SSSR count). The SMILES string of the molecule is CC(CN)CCC(=O)N(C)CC(=O)NC(C)C. The molecule has 1 unspecified atom stereocenters. The lowest BCUT2D eigenvalue weighted by atomic mass is 10.1. The van der Waals surface area contributed by atoms with Crippen molar-refractivity contribution in [2.75, 3.05) is 20.1 Å². The predicted octanol–water partition coefficient (Wildman–Crippen LogP) is 0.344. The Balaban J connectivity index is 3.93. The first kappa shape index (κ1) is 15.9. The molecule has 17 heavy (non-hydrogen) atoms. The van der Waals surface area contributed by atoms with E-state index in [2.05, 4.69) is 5.32 Å². The molecule has 0 saturated carbocycles. The summed E-state index contributed by atoms with van der Waals surface area (Å²) in [5.41, 5.74) is 5.48. The second kappa shape index (κ2) is 8.06. The zero-order valence-corrected chi connectivity index (χ0v) is 11.3. The zero-order valence-electron chi connectivity index (χ0n) is 11.3. The van der Waals surface area contributed by atoms with Gasteiger partial charge in [0.1, 0.15) is 0 Å². The smallest absolute Gasteiger partial charge is 0.239 e. The van der Waals surface area contributed by atoms with E-state index in [-0.39, 0.29) is 24.4 Å². The van der Waals surface area contributed by atoms with Crippen LogP contribution < -0.4 is 11.1 Å². The molecular formula is C12H25N3O2. The lowest BCUT2D eigenvalue weighted by Crippen LogP contribution is -2.40. The highest BCUT2D eigenvalue weighted by molar-refractivity contribution is 5.84. The van der Waals surface area contributed by atoms with E-state index in [1.807, 2.05) is 20.8 Å². The summed E-state index contributed by atoms with van der Waals surface area (Å²) >= 11 is 0. The van der Waals surface area contributed by atoms with Crippen LogP contribution in [0.3, 0.4) is 0 Å². The summed E-state index contributed by atoms with van der Waals surface area (Å²) < 4.78 is 0. The fourth-order valence-electron chi connectivity index (χ4n) is 1.35. The number of nitrogens with two attached hydrogens (primary N) is 1. The lowest BCUT2D eigenvalue weighted by molar-refractivity contribution is -0.135. The van der Waals surface area contributed by atoms with Crippen LogP contribution in [0.25, 0.3) is 0 Å². The van der Waals surface area contributed by atoms with Crippen LogP contribution in [-0.2, 0) is 9.59 Å². The minimum absolute atomic E-state index is 0.00999. The van der Waals surface area contributed by atoms with Crippen molar-refractivity contribution >= 4 is 11.8 Å². The van der Waals surface area contributed by atoms with Crippen molar-refractivity contribution in [1.29, 1.82) is 0 Å². The first-order chi connectivity index (χ1) is 7.86. The van der Waals surface area contributed by atoms with E-state index in [4.69, 9.17) is 5.73 Å². The molecular weight excluding hydrogens is 218 g/mol. The first-order valence-corrected chi connectivity index (χ1v) is 6.10. The van der Waals surface area contributed by atoms with Gasteiger partial charge < -0.3 is 16.0 Å². The second-order valence-corrected chi connectivity index (χ2v) is 4.85. The maximum atomic E-state index is 11.7. The van der Waals surface area contributed by atoms with Gasteiger partial charge in [-0.3, -0.25) is 9.59 Å². The summed E-state index contributed by atoms with van der Waals surface area (Å²) in [6, 6.07) is 0.100. The molecule has 0 heterocycles. The minimum Gasteiger partial charge on any atom is -0.352 e. The molecule has 0 radical (unpaired) electrons. The Hall–Kier alpha value is -1.10. The Kier molecular flexibility index (Phi) is 7.54. The normalized spacial score (nSPS) is 12.4. The van der Waals surface area contributed by atoms with Gasteiger partial charge in [0.25, 0.3) is 0 Å². The van der Waals surface area contributed by atoms with Gasteiger partial charge in [-0.1, -0.05) is 6.92 Å². The highest BCUT2D eigenvalue weighted by Gasteiger charge is 2.14. The van der Waals surface area contributed by atoms with Crippen LogP contribution in [0, 0.1) is 5.92 Å². The Morgan fingerprint density at radius 2 is 1.88 bits per heavy atom. The molecule has 100 valence electrons. The van der Waals surface area contributed by atoms with E-state index in [0.717, 1.165) is 6.42 Å². The molecule has 0 fully saturated rings. The van der Waals surface area contributed by atoms with Gasteiger partial charge in [-0.2, -0.15) is 0 Å². The monoisotopic (exact) mass is 243 g/mol. The number of hydrogen-bond acceptors (Lipinski definition) is 3. The summed E-state index contributed by atoms with van der Waals surface area (Å²) in [7, 11) is 1.65. The molecule has 0 aliphatic carbocycles. The van der Waals surface area contributed by atoms with Gasteiger partial charge in [-0.15, -0.1) is 0 Å². The average molecular weight is 243 g/mol. The first-order valence-electron chi connectivity index (χ1n) is 6.10. The third kappa shape index (κ3) is 7.74. The third-order valence-corrected chi connectivity index (χ3v) is 2.51. The van der Waals surface area contributed by atoms with Gasteiger partial charge in [0, 0.05) is 19.5 Å². The van der Waals surface area contributed by atoms with E-state index in [9.17, 15) is 9.59 Å². The van der Waals surface area contributed by atoms with Crippen molar-refractivity contribution in [1.82, 2.24) is 10.2 Å². The number of rotatable bonds is 7. The molecule has 1 atom stereocenters. The fraction of sp³-hybridized carbons (Fsp3) is 0.833. The van der Waals surface area contributed by atoms with Crippen molar-refractivity contribution < 1.29 is 9.59 Å². The Bertz CT molecular complexity index is 254. The molecule has 5 heteroatoms. The van der Waals surface area contributed by atoms with Crippen LogP contribution in [0.15, 0.2) is 0 Å². The average Bonchev–Trinajstić information content (AvgIpc) is 2.23. The van der Waals surface area contributed by atoms with Crippen molar-refractivity contribution in [2.45, 2.75) is 39.7 Å². The predicted molar refractivity (Wildman–Crippen MR) is 68.4 cm³/mol.